The molecule has 1 saturated carbocycles. The molecule has 1 amide bonds. The summed E-state index contributed by atoms with van der Waals surface area (Å²) in [6.45, 7) is 1.71. The number of fused-ring (bicyclic) bond motifs is 2. The van der Waals surface area contributed by atoms with E-state index in [1.165, 1.54) is 23.9 Å². The maximum Gasteiger partial charge on any atom is 0.346 e. The molecule has 6 heteroatoms. The average Bonchev–Trinajstić information content (AvgIpc) is 3.06. The number of hydrogen-bond acceptors (Lipinski definition) is 3. The lowest BCUT2D eigenvalue weighted by molar-refractivity contribution is -0.136. The number of likely N-dealkylation sites (tertiary alicyclic amines) is 1. The van der Waals surface area contributed by atoms with Crippen LogP contribution in [0.15, 0.2) is 4.79 Å². The molecule has 2 unspecified atom stereocenters. The highest BCUT2D eigenvalue weighted by atomic mass is 16.2. The molecule has 126 valence electrons. The minimum atomic E-state index is -0.102. The summed E-state index contributed by atoms with van der Waals surface area (Å²) < 4.78 is 3.18. The maximum atomic E-state index is 12.8. The molecule has 1 saturated heterocycles. The SMILES string of the molecule is O=C(Cn1nc2n(c1=O)CCCCC2)N1CCCC2CCCC21. The standard InChI is InChI=1S/C17H26N4O2/c22-16(19-11-5-7-13-6-4-8-14(13)19)12-21-17(23)20-10-3-1-2-9-15(20)18-21/h13-14H,1-12H2. The van der Waals surface area contributed by atoms with Crippen LogP contribution in [0.1, 0.15) is 57.2 Å². The van der Waals surface area contributed by atoms with Gasteiger partial charge in [-0.15, -0.1) is 0 Å². The molecule has 23 heavy (non-hydrogen) atoms. The van der Waals surface area contributed by atoms with Gasteiger partial charge in [-0.3, -0.25) is 9.36 Å². The minimum absolute atomic E-state index is 0.0805. The van der Waals surface area contributed by atoms with Gasteiger partial charge in [0.25, 0.3) is 0 Å². The predicted molar refractivity (Wildman–Crippen MR) is 86.1 cm³/mol. The Bertz CT molecular complexity index is 648. The van der Waals surface area contributed by atoms with Crippen molar-refractivity contribution in [2.75, 3.05) is 6.54 Å². The molecule has 2 aliphatic heterocycles. The third kappa shape index (κ3) is 2.72. The van der Waals surface area contributed by atoms with Crippen LogP contribution in [0.2, 0.25) is 0 Å². The van der Waals surface area contributed by atoms with E-state index in [-0.39, 0.29) is 18.1 Å². The fraction of sp³-hybridized carbons (Fsp3) is 0.824. The lowest BCUT2D eigenvalue weighted by atomic mass is 9.92. The number of aromatic nitrogens is 3. The van der Waals surface area contributed by atoms with Gasteiger partial charge in [-0.2, -0.15) is 5.10 Å². The first-order valence-corrected chi connectivity index (χ1v) is 9.20. The fourth-order valence-corrected chi connectivity index (χ4v) is 4.71. The number of carbonyl (C=O) groups excluding carboxylic acids is 1. The van der Waals surface area contributed by atoms with E-state index in [0.29, 0.717) is 12.0 Å². The number of rotatable bonds is 2. The van der Waals surface area contributed by atoms with E-state index in [0.717, 1.165) is 57.4 Å². The number of carbonyl (C=O) groups is 1. The summed E-state index contributed by atoms with van der Waals surface area (Å²) in [6.07, 6.45) is 10.1. The zero-order valence-corrected chi connectivity index (χ0v) is 13.7. The van der Waals surface area contributed by atoms with Gasteiger partial charge in [-0.1, -0.05) is 12.8 Å². The third-order valence-corrected chi connectivity index (χ3v) is 5.88. The van der Waals surface area contributed by atoms with Crippen LogP contribution >= 0.6 is 0 Å². The zero-order valence-electron chi connectivity index (χ0n) is 13.7. The van der Waals surface area contributed by atoms with Gasteiger partial charge in [-0.05, 0) is 44.4 Å². The van der Waals surface area contributed by atoms with Crippen molar-refractivity contribution in [3.05, 3.63) is 16.3 Å². The Morgan fingerprint density at radius 2 is 1.91 bits per heavy atom. The zero-order chi connectivity index (χ0) is 15.8. The molecule has 0 bridgehead atoms. The van der Waals surface area contributed by atoms with Crippen molar-refractivity contribution in [1.82, 2.24) is 19.2 Å². The van der Waals surface area contributed by atoms with Gasteiger partial charge in [0.1, 0.15) is 12.4 Å². The Morgan fingerprint density at radius 1 is 1.04 bits per heavy atom. The molecular weight excluding hydrogens is 292 g/mol. The Kier molecular flexibility index (Phi) is 3.99. The van der Waals surface area contributed by atoms with E-state index < -0.39 is 0 Å². The second-order valence-corrected chi connectivity index (χ2v) is 7.31. The number of nitrogens with zero attached hydrogens (tertiary/aromatic N) is 4. The van der Waals surface area contributed by atoms with Gasteiger partial charge in [0.05, 0.1) is 0 Å². The van der Waals surface area contributed by atoms with E-state index >= 15 is 0 Å². The van der Waals surface area contributed by atoms with Gasteiger partial charge in [-0.25, -0.2) is 9.48 Å². The molecule has 1 aromatic heterocycles. The summed E-state index contributed by atoms with van der Waals surface area (Å²) >= 11 is 0. The van der Waals surface area contributed by atoms with Crippen LogP contribution in [0.3, 0.4) is 0 Å². The summed E-state index contributed by atoms with van der Waals surface area (Å²) in [5.74, 6) is 1.62. The highest BCUT2D eigenvalue weighted by Gasteiger charge is 2.37. The summed E-state index contributed by atoms with van der Waals surface area (Å²) in [5, 5.41) is 4.45. The first kappa shape index (κ1) is 15.0. The molecule has 0 radical (unpaired) electrons. The number of aryl methyl sites for hydroxylation is 1. The monoisotopic (exact) mass is 318 g/mol. The van der Waals surface area contributed by atoms with Crippen molar-refractivity contribution in [3.8, 4) is 0 Å². The van der Waals surface area contributed by atoms with Crippen molar-refractivity contribution in [3.63, 3.8) is 0 Å². The second-order valence-electron chi connectivity index (χ2n) is 7.31. The first-order chi connectivity index (χ1) is 11.2. The lowest BCUT2D eigenvalue weighted by Crippen LogP contribution is -2.48. The van der Waals surface area contributed by atoms with Crippen LogP contribution in [-0.2, 0) is 24.3 Å². The fourth-order valence-electron chi connectivity index (χ4n) is 4.71. The highest BCUT2D eigenvalue weighted by molar-refractivity contribution is 5.76. The molecule has 6 nitrogen and oxygen atoms in total. The van der Waals surface area contributed by atoms with Gasteiger partial charge in [0.15, 0.2) is 0 Å². The number of amides is 1. The van der Waals surface area contributed by atoms with E-state index in [4.69, 9.17) is 0 Å². The van der Waals surface area contributed by atoms with Gasteiger partial charge in [0.2, 0.25) is 5.91 Å². The van der Waals surface area contributed by atoms with E-state index in [1.807, 2.05) is 4.90 Å². The summed E-state index contributed by atoms with van der Waals surface area (Å²) in [7, 11) is 0. The van der Waals surface area contributed by atoms with E-state index in [1.54, 1.807) is 4.57 Å². The first-order valence-electron chi connectivity index (χ1n) is 9.20. The van der Waals surface area contributed by atoms with E-state index in [2.05, 4.69) is 5.10 Å². The molecule has 2 fully saturated rings. The maximum absolute atomic E-state index is 12.8. The van der Waals surface area contributed by atoms with Crippen LogP contribution in [0.5, 0.6) is 0 Å². The van der Waals surface area contributed by atoms with Crippen molar-refractivity contribution in [1.29, 1.82) is 0 Å². The smallest absolute Gasteiger partial charge is 0.338 e. The second kappa shape index (κ2) is 6.13. The number of piperidine rings is 1. The van der Waals surface area contributed by atoms with Crippen LogP contribution in [0.25, 0.3) is 0 Å². The molecule has 4 rings (SSSR count). The molecule has 0 aromatic carbocycles. The third-order valence-electron chi connectivity index (χ3n) is 5.88. The quantitative estimate of drug-likeness (QED) is 0.831. The van der Waals surface area contributed by atoms with Crippen molar-refractivity contribution in [2.45, 2.75) is 76.9 Å². The van der Waals surface area contributed by atoms with Crippen LogP contribution in [0, 0.1) is 5.92 Å². The Labute approximate surface area is 136 Å². The van der Waals surface area contributed by atoms with Crippen LogP contribution < -0.4 is 5.69 Å². The van der Waals surface area contributed by atoms with E-state index in [9.17, 15) is 9.59 Å². The molecule has 0 spiro atoms. The van der Waals surface area contributed by atoms with Crippen molar-refractivity contribution < 1.29 is 4.79 Å². The highest BCUT2D eigenvalue weighted by Crippen LogP contribution is 2.36. The summed E-state index contributed by atoms with van der Waals surface area (Å²) in [4.78, 5) is 27.3. The largest absolute Gasteiger partial charge is 0.346 e. The topological polar surface area (TPSA) is 60.1 Å². The Balaban J connectivity index is 1.51. The molecule has 3 aliphatic rings. The number of hydrogen-bond donors (Lipinski definition) is 0. The molecule has 1 aromatic rings. The van der Waals surface area contributed by atoms with Crippen molar-refractivity contribution >= 4 is 5.91 Å². The van der Waals surface area contributed by atoms with Crippen LogP contribution in [0.4, 0.5) is 0 Å². The summed E-state index contributed by atoms with van der Waals surface area (Å²) in [5.41, 5.74) is -0.102. The van der Waals surface area contributed by atoms with Gasteiger partial charge in [0, 0.05) is 25.6 Å². The lowest BCUT2D eigenvalue weighted by Gasteiger charge is -2.37. The van der Waals surface area contributed by atoms with Crippen LogP contribution in [-0.4, -0.2) is 37.7 Å². The van der Waals surface area contributed by atoms with Gasteiger partial charge < -0.3 is 4.90 Å². The summed E-state index contributed by atoms with van der Waals surface area (Å²) in [6, 6.07) is 0.410. The van der Waals surface area contributed by atoms with Crippen molar-refractivity contribution in [2.24, 2.45) is 5.92 Å². The molecule has 2 atom stereocenters. The molecule has 3 heterocycles. The minimum Gasteiger partial charge on any atom is -0.338 e. The predicted octanol–water partition coefficient (Wildman–Crippen LogP) is 1.56. The molecular formula is C17H26N4O2. The molecule has 0 N–H and O–H groups in total. The Morgan fingerprint density at radius 3 is 2.83 bits per heavy atom. The Hall–Kier alpha value is -1.59. The normalized spacial score (nSPS) is 27.4. The average molecular weight is 318 g/mol. The van der Waals surface area contributed by atoms with Gasteiger partial charge >= 0.3 is 5.69 Å². The molecule has 1 aliphatic carbocycles.